The summed E-state index contributed by atoms with van der Waals surface area (Å²) in [7, 11) is 0. The number of amides is 1. The number of aromatic nitrogens is 2. The molecular weight excluding hydrogens is 340 g/mol. The van der Waals surface area contributed by atoms with Gasteiger partial charge in [-0.1, -0.05) is 0 Å². The van der Waals surface area contributed by atoms with E-state index in [0.29, 0.717) is 0 Å². The van der Waals surface area contributed by atoms with Crippen molar-refractivity contribution in [2.45, 2.75) is 19.4 Å². The van der Waals surface area contributed by atoms with Crippen LogP contribution in [0.2, 0.25) is 0 Å². The number of nitro benzene ring substituents is 1. The predicted octanol–water partition coefficient (Wildman–Crippen LogP) is 0.961. The quantitative estimate of drug-likeness (QED) is 0.531. The zero-order valence-corrected chi connectivity index (χ0v) is 13.7. The minimum Gasteiger partial charge on any atom is -0.339 e. The van der Waals surface area contributed by atoms with Gasteiger partial charge in [-0.25, -0.2) is 4.98 Å². The van der Waals surface area contributed by atoms with Gasteiger partial charge in [0.25, 0.3) is 11.2 Å². The topological polar surface area (TPSA) is 146 Å². The Bertz CT molecular complexity index is 967. The van der Waals surface area contributed by atoms with E-state index < -0.39 is 16.4 Å². The number of carbonyl (C=O) groups excluding carboxylic acids is 1. The normalized spacial score (nSPS) is 10.1. The fourth-order valence-corrected chi connectivity index (χ4v) is 2.35. The third-order valence-corrected chi connectivity index (χ3v) is 3.66. The summed E-state index contributed by atoms with van der Waals surface area (Å²) in [5, 5.41) is 28.3. The standard InChI is InChI=1S/C16H14N6O4/c17-5-1-7-20(8-2-6-18)15(23)10-21-11-19-14-4-3-12(22(25)26)9-13(14)16(21)24/h3-4,9,11H,1-2,7-8,10H2. The summed E-state index contributed by atoms with van der Waals surface area (Å²) < 4.78 is 1.06. The highest BCUT2D eigenvalue weighted by atomic mass is 16.6. The minimum atomic E-state index is -0.618. The number of nitriles is 2. The van der Waals surface area contributed by atoms with Crippen molar-refractivity contribution >= 4 is 22.5 Å². The third kappa shape index (κ3) is 4.19. The first kappa shape index (κ1) is 18.5. The molecule has 10 nitrogen and oxygen atoms in total. The van der Waals surface area contributed by atoms with Crippen LogP contribution in [-0.4, -0.2) is 38.4 Å². The van der Waals surface area contributed by atoms with E-state index in [2.05, 4.69) is 4.98 Å². The van der Waals surface area contributed by atoms with Gasteiger partial charge in [-0.3, -0.25) is 24.3 Å². The summed E-state index contributed by atoms with van der Waals surface area (Å²) in [6.07, 6.45) is 1.41. The average Bonchev–Trinajstić information content (AvgIpc) is 2.63. The van der Waals surface area contributed by atoms with Crippen molar-refractivity contribution in [3.63, 3.8) is 0 Å². The van der Waals surface area contributed by atoms with Gasteiger partial charge in [-0.2, -0.15) is 10.5 Å². The van der Waals surface area contributed by atoms with Crippen LogP contribution in [0.1, 0.15) is 12.8 Å². The molecular formula is C16H14N6O4. The fourth-order valence-electron chi connectivity index (χ4n) is 2.35. The van der Waals surface area contributed by atoms with Crippen molar-refractivity contribution in [2.75, 3.05) is 13.1 Å². The van der Waals surface area contributed by atoms with E-state index in [-0.39, 0.29) is 49.1 Å². The molecule has 0 radical (unpaired) electrons. The maximum absolute atomic E-state index is 12.5. The first-order valence-electron chi connectivity index (χ1n) is 7.63. The predicted molar refractivity (Wildman–Crippen MR) is 89.7 cm³/mol. The SMILES string of the molecule is N#CCCN(CCC#N)C(=O)Cn1cnc2ccc([N+](=O)[O-])cc2c1=O. The van der Waals surface area contributed by atoms with Gasteiger partial charge in [0.2, 0.25) is 5.91 Å². The first-order chi connectivity index (χ1) is 12.5. The molecule has 0 saturated carbocycles. The molecule has 2 rings (SSSR count). The number of rotatable bonds is 7. The molecule has 0 aliphatic heterocycles. The van der Waals surface area contributed by atoms with Gasteiger partial charge in [-0.05, 0) is 6.07 Å². The summed E-state index contributed by atoms with van der Waals surface area (Å²) in [5.74, 6) is -0.441. The Morgan fingerprint density at radius 2 is 1.92 bits per heavy atom. The van der Waals surface area contributed by atoms with Crippen molar-refractivity contribution < 1.29 is 9.72 Å². The van der Waals surface area contributed by atoms with Gasteiger partial charge in [-0.15, -0.1) is 0 Å². The molecule has 0 aliphatic rings. The minimum absolute atomic E-state index is 0.0371. The van der Waals surface area contributed by atoms with Gasteiger partial charge in [0.05, 0.1) is 47.1 Å². The number of hydrogen-bond donors (Lipinski definition) is 0. The molecule has 0 spiro atoms. The van der Waals surface area contributed by atoms with Gasteiger partial charge >= 0.3 is 0 Å². The second kappa shape index (κ2) is 8.35. The smallest absolute Gasteiger partial charge is 0.270 e. The maximum atomic E-state index is 12.5. The van der Waals surface area contributed by atoms with Crippen LogP contribution in [0.25, 0.3) is 10.9 Å². The molecule has 26 heavy (non-hydrogen) atoms. The molecule has 1 amide bonds. The van der Waals surface area contributed by atoms with Crippen LogP contribution in [0.15, 0.2) is 29.3 Å². The van der Waals surface area contributed by atoms with E-state index in [1.54, 1.807) is 0 Å². The lowest BCUT2D eigenvalue weighted by atomic mass is 10.2. The molecule has 2 aromatic rings. The van der Waals surface area contributed by atoms with E-state index in [9.17, 15) is 19.7 Å². The highest BCUT2D eigenvalue weighted by Crippen LogP contribution is 2.16. The Balaban J connectivity index is 2.31. The lowest BCUT2D eigenvalue weighted by Crippen LogP contribution is -2.37. The monoisotopic (exact) mass is 354 g/mol. The molecule has 0 bridgehead atoms. The Morgan fingerprint density at radius 3 is 2.50 bits per heavy atom. The molecule has 0 unspecified atom stereocenters. The number of nitro groups is 1. The Hall–Kier alpha value is -3.79. The molecule has 1 aromatic heterocycles. The van der Waals surface area contributed by atoms with E-state index in [1.807, 2.05) is 12.1 Å². The van der Waals surface area contributed by atoms with E-state index in [1.165, 1.54) is 23.4 Å². The largest absolute Gasteiger partial charge is 0.339 e. The zero-order chi connectivity index (χ0) is 19.1. The van der Waals surface area contributed by atoms with Crippen molar-refractivity contribution in [3.8, 4) is 12.1 Å². The molecule has 1 aromatic carbocycles. The molecule has 0 fully saturated rings. The molecule has 1 heterocycles. The Labute approximate surface area is 147 Å². The molecule has 0 N–H and O–H groups in total. The molecule has 0 atom stereocenters. The first-order valence-corrected chi connectivity index (χ1v) is 7.63. The third-order valence-electron chi connectivity index (χ3n) is 3.66. The second-order valence-corrected chi connectivity index (χ2v) is 5.33. The highest BCUT2D eigenvalue weighted by molar-refractivity contribution is 5.81. The van der Waals surface area contributed by atoms with Crippen LogP contribution < -0.4 is 5.56 Å². The average molecular weight is 354 g/mol. The summed E-state index contributed by atoms with van der Waals surface area (Å²) in [6.45, 7) is -0.0299. The number of benzene rings is 1. The van der Waals surface area contributed by atoms with E-state index >= 15 is 0 Å². The fraction of sp³-hybridized carbons (Fsp3) is 0.312. The summed E-state index contributed by atoms with van der Waals surface area (Å²) in [4.78, 5) is 40.5. The van der Waals surface area contributed by atoms with Crippen LogP contribution in [0.5, 0.6) is 0 Å². The summed E-state index contributed by atoms with van der Waals surface area (Å²) in [6, 6.07) is 7.58. The Morgan fingerprint density at radius 1 is 1.27 bits per heavy atom. The van der Waals surface area contributed by atoms with Gasteiger partial charge in [0.1, 0.15) is 6.54 Å². The molecule has 0 aliphatic carbocycles. The highest BCUT2D eigenvalue weighted by Gasteiger charge is 2.16. The van der Waals surface area contributed by atoms with Gasteiger partial charge < -0.3 is 4.90 Å². The van der Waals surface area contributed by atoms with Crippen molar-refractivity contribution in [3.05, 3.63) is 45.0 Å². The molecule has 132 valence electrons. The number of non-ortho nitro benzene ring substituents is 1. The van der Waals surface area contributed by atoms with E-state index in [4.69, 9.17) is 10.5 Å². The number of nitrogens with zero attached hydrogens (tertiary/aromatic N) is 6. The van der Waals surface area contributed by atoms with Gasteiger partial charge in [0.15, 0.2) is 0 Å². The molecule has 0 saturated heterocycles. The van der Waals surface area contributed by atoms with Crippen LogP contribution in [0, 0.1) is 32.8 Å². The van der Waals surface area contributed by atoms with Gasteiger partial charge in [0, 0.05) is 25.2 Å². The number of fused-ring (bicyclic) bond motifs is 1. The Kier molecular flexibility index (Phi) is 5.96. The summed E-state index contributed by atoms with van der Waals surface area (Å²) >= 11 is 0. The summed E-state index contributed by atoms with van der Waals surface area (Å²) in [5.41, 5.74) is -0.534. The zero-order valence-electron chi connectivity index (χ0n) is 13.7. The maximum Gasteiger partial charge on any atom is 0.270 e. The lowest BCUT2D eigenvalue weighted by molar-refractivity contribution is -0.384. The molecule has 10 heteroatoms. The van der Waals surface area contributed by atoms with Crippen molar-refractivity contribution in [1.82, 2.24) is 14.5 Å². The van der Waals surface area contributed by atoms with Crippen LogP contribution in [0.3, 0.4) is 0 Å². The number of carbonyl (C=O) groups is 1. The van der Waals surface area contributed by atoms with Crippen molar-refractivity contribution in [1.29, 1.82) is 10.5 Å². The van der Waals surface area contributed by atoms with Crippen LogP contribution >= 0.6 is 0 Å². The van der Waals surface area contributed by atoms with Crippen LogP contribution in [-0.2, 0) is 11.3 Å². The van der Waals surface area contributed by atoms with E-state index in [0.717, 1.165) is 10.6 Å². The second-order valence-electron chi connectivity index (χ2n) is 5.33. The van der Waals surface area contributed by atoms with Crippen molar-refractivity contribution in [2.24, 2.45) is 0 Å². The number of hydrogen-bond acceptors (Lipinski definition) is 7. The van der Waals surface area contributed by atoms with Crippen LogP contribution in [0.4, 0.5) is 5.69 Å². The lowest BCUT2D eigenvalue weighted by Gasteiger charge is -2.20.